The van der Waals surface area contributed by atoms with Crippen LogP contribution >= 0.6 is 0 Å². The molecule has 4 nitrogen and oxygen atoms in total. The molecule has 2 aliphatic rings. The molecule has 88 valence electrons. The third-order valence-corrected chi connectivity index (χ3v) is 3.67. The molecule has 1 atom stereocenters. The van der Waals surface area contributed by atoms with Crippen LogP contribution in [0.25, 0.3) is 0 Å². The predicted molar refractivity (Wildman–Crippen MR) is 62.4 cm³/mol. The number of nitrogens with one attached hydrogen (secondary N) is 1. The molecule has 1 aromatic rings. The number of aromatic nitrogens is 3. The van der Waals surface area contributed by atoms with E-state index in [1.807, 2.05) is 11.7 Å². The van der Waals surface area contributed by atoms with Crippen LogP contribution in [0.15, 0.2) is 0 Å². The zero-order valence-corrected chi connectivity index (χ0v) is 9.95. The van der Waals surface area contributed by atoms with Gasteiger partial charge in [-0.15, -0.1) is 0 Å². The maximum absolute atomic E-state index is 4.75. The van der Waals surface area contributed by atoms with Crippen LogP contribution in [0.4, 0.5) is 0 Å². The van der Waals surface area contributed by atoms with Gasteiger partial charge in [-0.1, -0.05) is 6.42 Å². The van der Waals surface area contributed by atoms with Crippen molar-refractivity contribution in [3.05, 3.63) is 11.6 Å². The van der Waals surface area contributed by atoms with Gasteiger partial charge >= 0.3 is 0 Å². The molecule has 0 aromatic carbocycles. The molecule has 0 radical (unpaired) electrons. The van der Waals surface area contributed by atoms with Gasteiger partial charge in [0.1, 0.15) is 5.82 Å². The Balaban J connectivity index is 1.79. The second-order valence-corrected chi connectivity index (χ2v) is 5.12. The van der Waals surface area contributed by atoms with Crippen molar-refractivity contribution in [1.82, 2.24) is 20.1 Å². The zero-order valence-electron chi connectivity index (χ0n) is 9.95. The lowest BCUT2D eigenvalue weighted by Crippen LogP contribution is -2.20. The molecule has 4 heteroatoms. The summed E-state index contributed by atoms with van der Waals surface area (Å²) < 4.78 is 2.00. The fourth-order valence-electron chi connectivity index (χ4n) is 2.53. The summed E-state index contributed by atoms with van der Waals surface area (Å²) in [5.74, 6) is 3.50. The second kappa shape index (κ2) is 4.17. The molecule has 1 saturated heterocycles. The van der Waals surface area contributed by atoms with Crippen LogP contribution < -0.4 is 5.32 Å². The standard InChI is InChI=1S/C12H20N4/c1-16-12(9-5-6-9)14-11(15-16)10-4-2-3-7-13-8-10/h9-10,13H,2-8H2,1H3. The third kappa shape index (κ3) is 1.98. The maximum atomic E-state index is 4.75. The van der Waals surface area contributed by atoms with Crippen molar-refractivity contribution < 1.29 is 0 Å². The summed E-state index contributed by atoms with van der Waals surface area (Å²) in [4.78, 5) is 4.75. The first kappa shape index (κ1) is 10.3. The Morgan fingerprint density at radius 1 is 1.19 bits per heavy atom. The van der Waals surface area contributed by atoms with Crippen molar-refractivity contribution in [3.63, 3.8) is 0 Å². The Kier molecular flexibility index (Phi) is 2.67. The molecule has 1 N–H and O–H groups in total. The minimum absolute atomic E-state index is 0.529. The first-order chi connectivity index (χ1) is 7.84. The van der Waals surface area contributed by atoms with E-state index < -0.39 is 0 Å². The fourth-order valence-corrected chi connectivity index (χ4v) is 2.53. The maximum Gasteiger partial charge on any atom is 0.155 e. The van der Waals surface area contributed by atoms with Crippen molar-refractivity contribution in [2.24, 2.45) is 7.05 Å². The van der Waals surface area contributed by atoms with E-state index in [2.05, 4.69) is 10.4 Å². The van der Waals surface area contributed by atoms with E-state index in [9.17, 15) is 0 Å². The average molecular weight is 220 g/mol. The molecule has 0 spiro atoms. The van der Waals surface area contributed by atoms with Crippen molar-refractivity contribution >= 4 is 0 Å². The van der Waals surface area contributed by atoms with E-state index in [4.69, 9.17) is 4.98 Å². The first-order valence-electron chi connectivity index (χ1n) is 6.46. The van der Waals surface area contributed by atoms with Gasteiger partial charge in [0, 0.05) is 25.4 Å². The molecular weight excluding hydrogens is 200 g/mol. The van der Waals surface area contributed by atoms with Gasteiger partial charge in [0.05, 0.1) is 0 Å². The van der Waals surface area contributed by atoms with Crippen molar-refractivity contribution in [3.8, 4) is 0 Å². The summed E-state index contributed by atoms with van der Waals surface area (Å²) in [5, 5.41) is 8.08. The van der Waals surface area contributed by atoms with Crippen LogP contribution in [0, 0.1) is 0 Å². The molecule has 1 saturated carbocycles. The Labute approximate surface area is 96.4 Å². The van der Waals surface area contributed by atoms with Crippen LogP contribution in [-0.2, 0) is 7.05 Å². The highest BCUT2D eigenvalue weighted by Crippen LogP contribution is 2.39. The second-order valence-electron chi connectivity index (χ2n) is 5.12. The monoisotopic (exact) mass is 220 g/mol. The Bertz CT molecular complexity index is 359. The summed E-state index contributed by atoms with van der Waals surface area (Å²) >= 11 is 0. The van der Waals surface area contributed by atoms with Gasteiger partial charge in [-0.3, -0.25) is 4.68 Å². The molecule has 2 heterocycles. The number of aryl methyl sites for hydroxylation is 1. The molecule has 1 aliphatic heterocycles. The van der Waals surface area contributed by atoms with Crippen LogP contribution in [0.1, 0.15) is 55.6 Å². The SMILES string of the molecule is Cn1nc(C2CCCCNC2)nc1C1CC1. The van der Waals surface area contributed by atoms with Crippen molar-refractivity contribution in [2.75, 3.05) is 13.1 Å². The minimum atomic E-state index is 0.529. The van der Waals surface area contributed by atoms with Gasteiger partial charge < -0.3 is 5.32 Å². The highest BCUT2D eigenvalue weighted by atomic mass is 15.3. The van der Waals surface area contributed by atoms with Gasteiger partial charge in [-0.25, -0.2) is 4.98 Å². The first-order valence-corrected chi connectivity index (χ1v) is 6.46. The summed E-state index contributed by atoms with van der Waals surface area (Å²) in [7, 11) is 2.04. The number of hydrogen-bond acceptors (Lipinski definition) is 3. The largest absolute Gasteiger partial charge is 0.316 e. The Morgan fingerprint density at radius 3 is 2.88 bits per heavy atom. The molecule has 1 aromatic heterocycles. The quantitative estimate of drug-likeness (QED) is 0.822. The van der Waals surface area contributed by atoms with E-state index in [1.54, 1.807) is 0 Å². The number of hydrogen-bond donors (Lipinski definition) is 1. The molecule has 0 bridgehead atoms. The van der Waals surface area contributed by atoms with Crippen LogP contribution in [0.2, 0.25) is 0 Å². The number of nitrogens with zero attached hydrogens (tertiary/aromatic N) is 3. The van der Waals surface area contributed by atoms with Crippen molar-refractivity contribution in [1.29, 1.82) is 0 Å². The van der Waals surface area contributed by atoms with E-state index in [0.29, 0.717) is 11.8 Å². The van der Waals surface area contributed by atoms with E-state index in [1.165, 1.54) is 37.9 Å². The fraction of sp³-hybridized carbons (Fsp3) is 0.833. The van der Waals surface area contributed by atoms with E-state index in [0.717, 1.165) is 18.9 Å². The average Bonchev–Trinajstić information content (AvgIpc) is 3.08. The van der Waals surface area contributed by atoms with Gasteiger partial charge in [0.25, 0.3) is 0 Å². The highest BCUT2D eigenvalue weighted by molar-refractivity contribution is 5.09. The molecule has 1 aliphatic carbocycles. The highest BCUT2D eigenvalue weighted by Gasteiger charge is 2.30. The van der Waals surface area contributed by atoms with Gasteiger partial charge in [0.2, 0.25) is 0 Å². The molecular formula is C12H20N4. The summed E-state index contributed by atoms with van der Waals surface area (Å²) in [5.41, 5.74) is 0. The summed E-state index contributed by atoms with van der Waals surface area (Å²) in [6.45, 7) is 2.20. The summed E-state index contributed by atoms with van der Waals surface area (Å²) in [6.07, 6.45) is 6.43. The summed E-state index contributed by atoms with van der Waals surface area (Å²) in [6, 6.07) is 0. The van der Waals surface area contributed by atoms with Gasteiger partial charge in [-0.2, -0.15) is 5.10 Å². The molecule has 2 fully saturated rings. The lowest BCUT2D eigenvalue weighted by molar-refractivity contribution is 0.571. The topological polar surface area (TPSA) is 42.7 Å². The zero-order chi connectivity index (χ0) is 11.0. The van der Waals surface area contributed by atoms with Crippen LogP contribution in [0.3, 0.4) is 0 Å². The Morgan fingerprint density at radius 2 is 2.06 bits per heavy atom. The van der Waals surface area contributed by atoms with E-state index in [-0.39, 0.29) is 0 Å². The van der Waals surface area contributed by atoms with Gasteiger partial charge in [0.15, 0.2) is 5.82 Å². The number of rotatable bonds is 2. The van der Waals surface area contributed by atoms with Crippen LogP contribution in [-0.4, -0.2) is 27.9 Å². The van der Waals surface area contributed by atoms with Crippen molar-refractivity contribution in [2.45, 2.75) is 43.9 Å². The predicted octanol–water partition coefficient (Wildman–Crippen LogP) is 1.55. The smallest absolute Gasteiger partial charge is 0.155 e. The van der Waals surface area contributed by atoms with Crippen LogP contribution in [0.5, 0.6) is 0 Å². The minimum Gasteiger partial charge on any atom is -0.316 e. The Hall–Kier alpha value is -0.900. The normalized spacial score (nSPS) is 26.7. The molecule has 3 rings (SSSR count). The lowest BCUT2D eigenvalue weighted by atomic mass is 10.0. The molecule has 1 unspecified atom stereocenters. The molecule has 0 amide bonds. The van der Waals surface area contributed by atoms with E-state index >= 15 is 0 Å². The van der Waals surface area contributed by atoms with Gasteiger partial charge in [-0.05, 0) is 32.2 Å². The third-order valence-electron chi connectivity index (χ3n) is 3.67. The molecule has 16 heavy (non-hydrogen) atoms. The lowest BCUT2D eigenvalue weighted by Gasteiger charge is -2.08.